The maximum absolute atomic E-state index is 13.6. The summed E-state index contributed by atoms with van der Waals surface area (Å²) in [5, 5.41) is 0. The Balaban J connectivity index is 1.65. The van der Waals surface area contributed by atoms with E-state index >= 15 is 0 Å². The second-order valence-corrected chi connectivity index (χ2v) is 6.85. The first-order valence-electron chi connectivity index (χ1n) is 9.20. The van der Waals surface area contributed by atoms with Gasteiger partial charge in [-0.15, -0.1) is 0 Å². The maximum Gasteiger partial charge on any atom is 0.251 e. The van der Waals surface area contributed by atoms with Crippen LogP contribution in [-0.2, 0) is 6.54 Å². The minimum Gasteiger partial charge on any atom is -0.305 e. The number of likely N-dealkylation sites (tertiary alicyclic amines) is 1. The zero-order chi connectivity index (χ0) is 18.6. The molecule has 1 aromatic carbocycles. The molecule has 2 aromatic heterocycles. The van der Waals surface area contributed by atoms with E-state index in [0.29, 0.717) is 18.1 Å². The Labute approximate surface area is 156 Å². The third-order valence-electron chi connectivity index (χ3n) is 4.90. The van der Waals surface area contributed by atoms with Crippen LogP contribution in [0, 0.1) is 5.82 Å². The summed E-state index contributed by atoms with van der Waals surface area (Å²) in [4.78, 5) is 26.3. The smallest absolute Gasteiger partial charge is 0.251 e. The first-order chi connectivity index (χ1) is 13.2. The fourth-order valence-electron chi connectivity index (χ4n) is 3.66. The van der Waals surface area contributed by atoms with E-state index in [1.165, 1.54) is 6.07 Å². The van der Waals surface area contributed by atoms with Crippen molar-refractivity contribution >= 4 is 0 Å². The molecule has 1 unspecified atom stereocenters. The van der Waals surface area contributed by atoms with Crippen molar-refractivity contribution in [2.45, 2.75) is 31.8 Å². The van der Waals surface area contributed by atoms with Gasteiger partial charge in [0, 0.05) is 18.8 Å². The van der Waals surface area contributed by atoms with Crippen LogP contribution in [0.15, 0.2) is 59.5 Å². The molecule has 0 spiro atoms. The molecule has 3 aromatic rings. The fraction of sp³-hybridized carbons (Fsp3) is 0.286. The number of hydrogen-bond donors (Lipinski definition) is 1. The Kier molecular flexibility index (Phi) is 5.07. The summed E-state index contributed by atoms with van der Waals surface area (Å²) in [7, 11) is 0. The molecule has 5 nitrogen and oxygen atoms in total. The monoisotopic (exact) mass is 364 g/mol. The van der Waals surface area contributed by atoms with Crippen molar-refractivity contribution in [3.63, 3.8) is 0 Å². The summed E-state index contributed by atoms with van der Waals surface area (Å²) in [6.45, 7) is 1.53. The Morgan fingerprint density at radius 3 is 2.89 bits per heavy atom. The third kappa shape index (κ3) is 4.11. The second kappa shape index (κ2) is 7.80. The summed E-state index contributed by atoms with van der Waals surface area (Å²) in [6.07, 6.45) is 4.77. The van der Waals surface area contributed by atoms with Gasteiger partial charge in [0.1, 0.15) is 11.5 Å². The van der Waals surface area contributed by atoms with E-state index in [0.717, 1.165) is 37.1 Å². The molecular weight excluding hydrogens is 343 g/mol. The van der Waals surface area contributed by atoms with Gasteiger partial charge in [-0.1, -0.05) is 24.6 Å². The maximum atomic E-state index is 13.6. The number of nitrogens with zero attached hydrogens (tertiary/aromatic N) is 3. The molecule has 0 radical (unpaired) electrons. The molecule has 27 heavy (non-hydrogen) atoms. The van der Waals surface area contributed by atoms with Gasteiger partial charge in [-0.2, -0.15) is 0 Å². The summed E-state index contributed by atoms with van der Waals surface area (Å²) >= 11 is 0. The predicted molar refractivity (Wildman–Crippen MR) is 101 cm³/mol. The Bertz CT molecular complexity index is 973. The Morgan fingerprint density at radius 2 is 2.07 bits per heavy atom. The number of benzene rings is 1. The molecule has 0 bridgehead atoms. The summed E-state index contributed by atoms with van der Waals surface area (Å²) < 4.78 is 13.6. The van der Waals surface area contributed by atoms with Crippen LogP contribution in [0.3, 0.4) is 0 Å². The molecule has 1 N–H and O–H groups in total. The predicted octanol–water partition coefficient (Wildman–Crippen LogP) is 3.70. The number of rotatable bonds is 4. The van der Waals surface area contributed by atoms with E-state index in [1.807, 2.05) is 24.3 Å². The molecule has 3 heterocycles. The van der Waals surface area contributed by atoms with Crippen molar-refractivity contribution in [1.29, 1.82) is 0 Å². The Morgan fingerprint density at radius 1 is 1.15 bits per heavy atom. The minimum absolute atomic E-state index is 0.0341. The topological polar surface area (TPSA) is 61.9 Å². The van der Waals surface area contributed by atoms with Gasteiger partial charge in [0.25, 0.3) is 5.56 Å². The zero-order valence-electron chi connectivity index (χ0n) is 14.9. The normalized spacial score (nSPS) is 17.7. The van der Waals surface area contributed by atoms with Crippen molar-refractivity contribution in [3.8, 4) is 11.5 Å². The molecule has 1 saturated heterocycles. The number of halogens is 1. The standard InChI is InChI=1S/C21H21FN4O/c22-16-7-5-6-15(12-16)14-26-11-4-2-9-19(26)18-13-20(27)25-21(24-18)17-8-1-3-10-23-17/h1,3,5-8,10,12-13,19H,2,4,9,11,14H2,(H,24,25,27). The lowest BCUT2D eigenvalue weighted by molar-refractivity contribution is 0.137. The van der Waals surface area contributed by atoms with Gasteiger partial charge in [0.2, 0.25) is 0 Å². The number of pyridine rings is 1. The number of nitrogens with one attached hydrogen (secondary N) is 1. The van der Waals surface area contributed by atoms with Crippen LogP contribution < -0.4 is 5.56 Å². The zero-order valence-corrected chi connectivity index (χ0v) is 14.9. The molecule has 1 fully saturated rings. The SMILES string of the molecule is O=c1cc(C2CCCCN2Cc2cccc(F)c2)nc(-c2ccccn2)[nH]1. The lowest BCUT2D eigenvalue weighted by Gasteiger charge is -2.35. The molecule has 1 aliphatic rings. The van der Waals surface area contributed by atoms with E-state index < -0.39 is 0 Å². The first kappa shape index (κ1) is 17.5. The van der Waals surface area contributed by atoms with Gasteiger partial charge in [-0.25, -0.2) is 9.37 Å². The van der Waals surface area contributed by atoms with Crippen LogP contribution in [0.2, 0.25) is 0 Å². The van der Waals surface area contributed by atoms with Crippen molar-refractivity contribution in [3.05, 3.63) is 82.2 Å². The summed E-state index contributed by atoms with van der Waals surface area (Å²) in [6, 6.07) is 13.8. The molecule has 138 valence electrons. The lowest BCUT2D eigenvalue weighted by Crippen LogP contribution is -2.34. The van der Waals surface area contributed by atoms with E-state index in [4.69, 9.17) is 4.98 Å². The highest BCUT2D eigenvalue weighted by molar-refractivity contribution is 5.48. The molecule has 4 rings (SSSR count). The largest absolute Gasteiger partial charge is 0.305 e. The van der Waals surface area contributed by atoms with Gasteiger partial charge < -0.3 is 4.98 Å². The second-order valence-electron chi connectivity index (χ2n) is 6.85. The van der Waals surface area contributed by atoms with Gasteiger partial charge in [0.15, 0.2) is 5.82 Å². The molecule has 0 aliphatic carbocycles. The molecule has 1 atom stereocenters. The number of piperidine rings is 1. The van der Waals surface area contributed by atoms with E-state index in [9.17, 15) is 9.18 Å². The first-order valence-corrected chi connectivity index (χ1v) is 9.20. The Hall–Kier alpha value is -2.86. The van der Waals surface area contributed by atoms with Crippen molar-refractivity contribution in [1.82, 2.24) is 19.9 Å². The van der Waals surface area contributed by atoms with Crippen LogP contribution in [0.25, 0.3) is 11.5 Å². The van der Waals surface area contributed by atoms with Crippen molar-refractivity contribution < 1.29 is 4.39 Å². The van der Waals surface area contributed by atoms with Gasteiger partial charge in [-0.3, -0.25) is 14.7 Å². The number of aromatic nitrogens is 3. The summed E-state index contributed by atoms with van der Waals surface area (Å²) in [5.41, 5.74) is 2.13. The van der Waals surface area contributed by atoms with Gasteiger partial charge >= 0.3 is 0 Å². The number of aromatic amines is 1. The fourth-order valence-corrected chi connectivity index (χ4v) is 3.66. The van der Waals surface area contributed by atoms with Crippen LogP contribution >= 0.6 is 0 Å². The highest BCUT2D eigenvalue weighted by Crippen LogP contribution is 2.31. The third-order valence-corrected chi connectivity index (χ3v) is 4.90. The lowest BCUT2D eigenvalue weighted by atomic mass is 9.98. The number of hydrogen-bond acceptors (Lipinski definition) is 4. The van der Waals surface area contributed by atoms with Crippen LogP contribution in [0.1, 0.15) is 36.6 Å². The van der Waals surface area contributed by atoms with Crippen molar-refractivity contribution in [2.75, 3.05) is 6.54 Å². The van der Waals surface area contributed by atoms with Crippen molar-refractivity contribution in [2.24, 2.45) is 0 Å². The summed E-state index contributed by atoms with van der Waals surface area (Å²) in [5.74, 6) is 0.252. The van der Waals surface area contributed by atoms with E-state index in [1.54, 1.807) is 24.4 Å². The highest BCUT2D eigenvalue weighted by Gasteiger charge is 2.26. The molecule has 6 heteroatoms. The average molecular weight is 364 g/mol. The van der Waals surface area contributed by atoms with Crippen LogP contribution in [0.4, 0.5) is 4.39 Å². The quantitative estimate of drug-likeness (QED) is 0.767. The minimum atomic E-state index is -0.229. The van der Waals surface area contributed by atoms with Gasteiger partial charge in [0.05, 0.1) is 11.7 Å². The van der Waals surface area contributed by atoms with Crippen LogP contribution in [-0.4, -0.2) is 26.4 Å². The van der Waals surface area contributed by atoms with Gasteiger partial charge in [-0.05, 0) is 49.2 Å². The molecular formula is C21H21FN4O. The molecule has 0 saturated carbocycles. The molecule has 1 aliphatic heterocycles. The number of H-pyrrole nitrogens is 1. The highest BCUT2D eigenvalue weighted by atomic mass is 19.1. The van der Waals surface area contributed by atoms with E-state index in [-0.39, 0.29) is 17.4 Å². The van der Waals surface area contributed by atoms with Crippen LogP contribution in [0.5, 0.6) is 0 Å². The average Bonchev–Trinajstić information content (AvgIpc) is 2.69. The van der Waals surface area contributed by atoms with E-state index in [2.05, 4.69) is 14.9 Å². The molecule has 0 amide bonds.